The number of pyridine rings is 1. The molecule has 0 radical (unpaired) electrons. The molecule has 1 aliphatic heterocycles. The summed E-state index contributed by atoms with van der Waals surface area (Å²) in [6.07, 6.45) is 0.248. The Labute approximate surface area is 187 Å². The highest BCUT2D eigenvalue weighted by Gasteiger charge is 2.39. The van der Waals surface area contributed by atoms with Gasteiger partial charge in [-0.15, -0.1) is 0 Å². The molecule has 4 N–H and O–H groups in total. The maximum absolute atomic E-state index is 13.1. The molecule has 0 saturated heterocycles. The second-order valence-corrected chi connectivity index (χ2v) is 7.79. The van der Waals surface area contributed by atoms with Crippen LogP contribution in [0.1, 0.15) is 39.1 Å². The summed E-state index contributed by atoms with van der Waals surface area (Å²) < 4.78 is 11.1. The Bertz CT molecular complexity index is 1290. The zero-order valence-corrected chi connectivity index (χ0v) is 17.9. The third-order valence-corrected chi connectivity index (χ3v) is 5.45. The number of amides is 5. The van der Waals surface area contributed by atoms with Gasteiger partial charge in [0, 0.05) is 18.2 Å². The summed E-state index contributed by atoms with van der Waals surface area (Å²) in [6.45, 7) is 1.99. The number of rotatable bonds is 7. The lowest BCUT2D eigenvalue weighted by Crippen LogP contribution is -2.53. The molecule has 11 nitrogen and oxygen atoms in total. The molecule has 1 aromatic carbocycles. The normalized spacial score (nSPS) is 14.5. The van der Waals surface area contributed by atoms with Crippen molar-refractivity contribution in [1.82, 2.24) is 20.5 Å². The molecule has 1 aliphatic rings. The first-order chi connectivity index (χ1) is 15.7. The van der Waals surface area contributed by atoms with Crippen molar-refractivity contribution < 1.29 is 28.3 Å². The van der Waals surface area contributed by atoms with E-state index in [-0.39, 0.29) is 30.3 Å². The van der Waals surface area contributed by atoms with Gasteiger partial charge in [-0.1, -0.05) is 6.07 Å². The molecular weight excluding hydrogens is 430 g/mol. The minimum atomic E-state index is -1.25. The van der Waals surface area contributed by atoms with E-state index in [1.54, 1.807) is 36.1 Å². The number of nitrogens with one attached hydrogen (secondary N) is 2. The topological polar surface area (TPSA) is 157 Å². The van der Waals surface area contributed by atoms with E-state index in [0.717, 1.165) is 5.56 Å². The lowest BCUT2D eigenvalue weighted by Gasteiger charge is -2.32. The molecule has 4 rings (SSSR count). The van der Waals surface area contributed by atoms with E-state index in [2.05, 4.69) is 10.3 Å². The SMILES string of the molecule is COc1ccc2c(c1)C(=O)N(C[C@](C)(NC(=O)NC=O)c1cc3nc(C(N)=O)ccc3o1)C2. The number of carbonyl (C=O) groups is 4. The lowest BCUT2D eigenvalue weighted by molar-refractivity contribution is -0.108. The quantitative estimate of drug-likeness (QED) is 0.456. The number of imide groups is 1. The van der Waals surface area contributed by atoms with Gasteiger partial charge in [0.25, 0.3) is 11.8 Å². The number of furan rings is 1. The van der Waals surface area contributed by atoms with Crippen LogP contribution >= 0.6 is 0 Å². The maximum Gasteiger partial charge on any atom is 0.322 e. The Morgan fingerprint density at radius 3 is 2.79 bits per heavy atom. The Balaban J connectivity index is 1.70. The van der Waals surface area contributed by atoms with Crippen LogP contribution in [0.5, 0.6) is 5.75 Å². The number of urea groups is 1. The van der Waals surface area contributed by atoms with Crippen LogP contribution in [-0.2, 0) is 16.9 Å². The van der Waals surface area contributed by atoms with Crippen LogP contribution in [0.25, 0.3) is 11.1 Å². The Morgan fingerprint density at radius 1 is 1.30 bits per heavy atom. The molecule has 170 valence electrons. The number of ether oxygens (including phenoxy) is 1. The predicted octanol–water partition coefficient (Wildman–Crippen LogP) is 1.26. The van der Waals surface area contributed by atoms with Gasteiger partial charge in [0.15, 0.2) is 5.58 Å². The van der Waals surface area contributed by atoms with E-state index in [9.17, 15) is 19.2 Å². The van der Waals surface area contributed by atoms with Crippen molar-refractivity contribution in [1.29, 1.82) is 0 Å². The van der Waals surface area contributed by atoms with E-state index < -0.39 is 17.5 Å². The highest BCUT2D eigenvalue weighted by Crippen LogP contribution is 2.32. The van der Waals surface area contributed by atoms with Gasteiger partial charge in [-0.3, -0.25) is 19.7 Å². The fourth-order valence-electron chi connectivity index (χ4n) is 3.83. The summed E-state index contributed by atoms with van der Waals surface area (Å²) in [4.78, 5) is 53.3. The maximum atomic E-state index is 13.1. The summed E-state index contributed by atoms with van der Waals surface area (Å²) >= 11 is 0. The van der Waals surface area contributed by atoms with Crippen molar-refractivity contribution in [2.45, 2.75) is 19.0 Å². The molecular formula is C22H21N5O6. The summed E-state index contributed by atoms with van der Waals surface area (Å²) in [5.41, 5.74) is 6.15. The summed E-state index contributed by atoms with van der Waals surface area (Å²) in [7, 11) is 1.52. The largest absolute Gasteiger partial charge is 0.497 e. The number of hydrogen-bond donors (Lipinski definition) is 3. The zero-order valence-electron chi connectivity index (χ0n) is 17.9. The molecule has 2 aromatic heterocycles. The van der Waals surface area contributed by atoms with Crippen molar-refractivity contribution in [3.05, 3.63) is 59.0 Å². The third-order valence-electron chi connectivity index (χ3n) is 5.45. The van der Waals surface area contributed by atoms with Crippen LogP contribution in [0.4, 0.5) is 4.79 Å². The molecule has 3 heterocycles. The van der Waals surface area contributed by atoms with Crippen LogP contribution in [-0.4, -0.2) is 47.8 Å². The van der Waals surface area contributed by atoms with Crippen LogP contribution in [0.15, 0.2) is 40.8 Å². The first-order valence-electron chi connectivity index (χ1n) is 9.93. The molecule has 1 atom stereocenters. The Kier molecular flexibility index (Phi) is 5.46. The number of carbonyl (C=O) groups excluding carboxylic acids is 4. The molecule has 0 saturated carbocycles. The predicted molar refractivity (Wildman–Crippen MR) is 115 cm³/mol. The van der Waals surface area contributed by atoms with Crippen LogP contribution in [0.3, 0.4) is 0 Å². The molecule has 5 amide bonds. The number of benzene rings is 1. The van der Waals surface area contributed by atoms with Gasteiger partial charge in [-0.25, -0.2) is 9.78 Å². The molecule has 0 spiro atoms. The van der Waals surface area contributed by atoms with Crippen LogP contribution in [0, 0.1) is 0 Å². The van der Waals surface area contributed by atoms with E-state index in [4.69, 9.17) is 14.9 Å². The molecule has 0 bridgehead atoms. The van der Waals surface area contributed by atoms with Gasteiger partial charge in [0.2, 0.25) is 6.41 Å². The minimum absolute atomic E-state index is 0.0254. The Morgan fingerprint density at radius 2 is 2.09 bits per heavy atom. The second kappa shape index (κ2) is 8.26. The second-order valence-electron chi connectivity index (χ2n) is 7.79. The molecule has 0 fully saturated rings. The summed E-state index contributed by atoms with van der Waals surface area (Å²) in [5, 5.41) is 4.72. The third kappa shape index (κ3) is 4.07. The van der Waals surface area contributed by atoms with Crippen molar-refractivity contribution in [3.8, 4) is 5.75 Å². The van der Waals surface area contributed by atoms with Gasteiger partial charge in [0.05, 0.1) is 13.7 Å². The Hall–Kier alpha value is -4.41. The van der Waals surface area contributed by atoms with Crippen molar-refractivity contribution in [2.75, 3.05) is 13.7 Å². The van der Waals surface area contributed by atoms with Crippen molar-refractivity contribution in [2.24, 2.45) is 5.73 Å². The van der Waals surface area contributed by atoms with Gasteiger partial charge >= 0.3 is 6.03 Å². The first-order valence-corrected chi connectivity index (χ1v) is 9.93. The van der Waals surface area contributed by atoms with Gasteiger partial charge in [-0.2, -0.15) is 0 Å². The van der Waals surface area contributed by atoms with Gasteiger partial charge in [0.1, 0.15) is 28.3 Å². The number of nitrogens with two attached hydrogens (primary N) is 1. The number of nitrogens with zero attached hydrogens (tertiary/aromatic N) is 2. The van der Waals surface area contributed by atoms with Gasteiger partial charge in [-0.05, 0) is 36.8 Å². The minimum Gasteiger partial charge on any atom is -0.497 e. The molecule has 3 aromatic rings. The number of hydrogen-bond acceptors (Lipinski definition) is 7. The fraction of sp³-hybridized carbons (Fsp3) is 0.227. The molecule has 0 aliphatic carbocycles. The van der Waals surface area contributed by atoms with Crippen LogP contribution in [0.2, 0.25) is 0 Å². The van der Waals surface area contributed by atoms with E-state index in [0.29, 0.717) is 29.0 Å². The highest BCUT2D eigenvalue weighted by atomic mass is 16.5. The highest BCUT2D eigenvalue weighted by molar-refractivity contribution is 5.99. The first kappa shape index (κ1) is 21.8. The zero-order chi connectivity index (χ0) is 23.8. The molecule has 0 unspecified atom stereocenters. The standard InChI is InChI=1S/C22H21N5O6/c1-22(26-21(31)24-11-28,18-8-16-17(33-18)6-5-15(25-16)19(23)29)10-27-9-12-3-4-13(32-2)7-14(12)20(27)30/h3-8,11H,9-10H2,1-2H3,(H2,23,29)(H2,24,26,28,31)/t22-/m0/s1. The van der Waals surface area contributed by atoms with E-state index in [1.165, 1.54) is 13.2 Å². The summed E-state index contributed by atoms with van der Waals surface area (Å²) in [6, 6.07) is 9.00. The number of methoxy groups -OCH3 is 1. The number of primary amides is 1. The van der Waals surface area contributed by atoms with E-state index >= 15 is 0 Å². The number of fused-ring (bicyclic) bond motifs is 2. The van der Waals surface area contributed by atoms with Gasteiger partial charge < -0.3 is 25.1 Å². The van der Waals surface area contributed by atoms with Crippen LogP contribution < -0.4 is 21.1 Å². The van der Waals surface area contributed by atoms with E-state index in [1.807, 2.05) is 11.4 Å². The monoisotopic (exact) mass is 451 g/mol. The lowest BCUT2D eigenvalue weighted by atomic mass is 9.98. The average molecular weight is 451 g/mol. The average Bonchev–Trinajstić information content (AvgIpc) is 3.34. The van der Waals surface area contributed by atoms with Crippen molar-refractivity contribution in [3.63, 3.8) is 0 Å². The number of aromatic nitrogens is 1. The molecule has 11 heteroatoms. The fourth-order valence-corrected chi connectivity index (χ4v) is 3.83. The molecule has 33 heavy (non-hydrogen) atoms. The van der Waals surface area contributed by atoms with Crippen molar-refractivity contribution >= 4 is 35.4 Å². The smallest absolute Gasteiger partial charge is 0.322 e. The summed E-state index contributed by atoms with van der Waals surface area (Å²) in [5.74, 6) is -0.0995.